The lowest BCUT2D eigenvalue weighted by atomic mass is 10.1. The van der Waals surface area contributed by atoms with Crippen molar-refractivity contribution in [2.75, 3.05) is 0 Å². The van der Waals surface area contributed by atoms with Crippen LogP contribution in [-0.4, -0.2) is 17.2 Å². The van der Waals surface area contributed by atoms with Gasteiger partial charge in [-0.15, -0.1) is 0 Å². The highest BCUT2D eigenvalue weighted by Crippen LogP contribution is 2.31. The molecule has 0 saturated carbocycles. The van der Waals surface area contributed by atoms with Gasteiger partial charge in [0.2, 0.25) is 0 Å². The molecule has 1 heterocycles. The van der Waals surface area contributed by atoms with Crippen LogP contribution in [0.2, 0.25) is 0 Å². The Balaban J connectivity index is 1.88. The van der Waals surface area contributed by atoms with Gasteiger partial charge in [-0.2, -0.15) is 0 Å². The van der Waals surface area contributed by atoms with Crippen molar-refractivity contribution in [1.82, 2.24) is 0 Å². The molecule has 3 nitrogen and oxygen atoms in total. The highest BCUT2D eigenvalue weighted by molar-refractivity contribution is 5.66. The molecule has 21 heavy (non-hydrogen) atoms. The average Bonchev–Trinajstić information content (AvgIpc) is 3.19. The number of rotatable bonds is 13. The third-order valence-electron chi connectivity index (χ3n) is 3.77. The van der Waals surface area contributed by atoms with E-state index in [1.54, 1.807) is 0 Å². The molecular formula is C18H30O3. The number of epoxide rings is 1. The Labute approximate surface area is 129 Å². The number of ether oxygens (including phenoxy) is 1. The minimum Gasteiger partial charge on any atom is -0.483 e. The first-order chi connectivity index (χ1) is 10.2. The van der Waals surface area contributed by atoms with Gasteiger partial charge in [0.1, 0.15) is 5.76 Å². The fourth-order valence-corrected chi connectivity index (χ4v) is 2.39. The summed E-state index contributed by atoms with van der Waals surface area (Å²) in [4.78, 5) is 10.3. The molecule has 1 atom stereocenters. The van der Waals surface area contributed by atoms with Crippen molar-refractivity contribution in [1.29, 1.82) is 0 Å². The van der Waals surface area contributed by atoms with Crippen LogP contribution in [0.1, 0.15) is 77.6 Å². The molecule has 3 heteroatoms. The second kappa shape index (κ2) is 11.4. The van der Waals surface area contributed by atoms with Gasteiger partial charge in [-0.1, -0.05) is 51.2 Å². The summed E-state index contributed by atoms with van der Waals surface area (Å²) in [5.74, 6) is 0.470. The van der Waals surface area contributed by atoms with E-state index in [0.29, 0.717) is 12.5 Å². The molecule has 0 aromatic rings. The first-order valence-electron chi connectivity index (χ1n) is 8.49. The summed E-state index contributed by atoms with van der Waals surface area (Å²) in [6.07, 6.45) is 18.6. The van der Waals surface area contributed by atoms with Crippen molar-refractivity contribution in [3.05, 3.63) is 24.0 Å². The highest BCUT2D eigenvalue weighted by atomic mass is 16.6. The van der Waals surface area contributed by atoms with Crippen molar-refractivity contribution in [2.24, 2.45) is 0 Å². The number of unbranched alkanes of at least 4 members (excludes halogenated alkanes) is 7. The van der Waals surface area contributed by atoms with E-state index in [0.717, 1.165) is 31.4 Å². The van der Waals surface area contributed by atoms with Crippen LogP contribution in [0.25, 0.3) is 0 Å². The molecule has 0 unspecified atom stereocenters. The van der Waals surface area contributed by atoms with Crippen LogP contribution >= 0.6 is 0 Å². The van der Waals surface area contributed by atoms with Crippen LogP contribution < -0.4 is 0 Å². The van der Waals surface area contributed by atoms with Gasteiger partial charge in [0.05, 0.1) is 0 Å². The number of allylic oxidation sites excluding steroid dienone is 3. The van der Waals surface area contributed by atoms with Gasteiger partial charge < -0.3 is 9.84 Å². The van der Waals surface area contributed by atoms with Gasteiger partial charge in [-0.05, 0) is 38.2 Å². The van der Waals surface area contributed by atoms with E-state index < -0.39 is 5.97 Å². The number of hydrogen-bond donors (Lipinski definition) is 1. The third-order valence-corrected chi connectivity index (χ3v) is 3.77. The predicted octanol–water partition coefficient (Wildman–Crippen LogP) is 5.22. The Morgan fingerprint density at radius 2 is 1.90 bits per heavy atom. The summed E-state index contributed by atoms with van der Waals surface area (Å²) < 4.78 is 5.52. The SMILES string of the molecule is CCCCC[C@@H]1OC1=CC=CCCCCCCCC(=O)O. The molecule has 120 valence electrons. The maximum Gasteiger partial charge on any atom is 0.303 e. The van der Waals surface area contributed by atoms with Crippen LogP contribution in [0, 0.1) is 0 Å². The highest BCUT2D eigenvalue weighted by Gasteiger charge is 2.30. The average molecular weight is 294 g/mol. The summed E-state index contributed by atoms with van der Waals surface area (Å²) in [6, 6.07) is 0. The Morgan fingerprint density at radius 1 is 1.14 bits per heavy atom. The monoisotopic (exact) mass is 294 g/mol. The molecule has 1 aliphatic rings. The Morgan fingerprint density at radius 3 is 2.67 bits per heavy atom. The molecule has 0 aliphatic carbocycles. The van der Waals surface area contributed by atoms with Gasteiger partial charge in [-0.3, -0.25) is 4.79 Å². The van der Waals surface area contributed by atoms with E-state index in [1.807, 2.05) is 0 Å². The summed E-state index contributed by atoms with van der Waals surface area (Å²) in [7, 11) is 0. The molecule has 1 saturated heterocycles. The molecule has 1 fully saturated rings. The van der Waals surface area contributed by atoms with Gasteiger partial charge in [0, 0.05) is 6.42 Å². The topological polar surface area (TPSA) is 49.8 Å². The van der Waals surface area contributed by atoms with Crippen LogP contribution in [0.5, 0.6) is 0 Å². The van der Waals surface area contributed by atoms with E-state index in [-0.39, 0.29) is 0 Å². The van der Waals surface area contributed by atoms with Crippen LogP contribution in [-0.2, 0) is 9.53 Å². The number of hydrogen-bond acceptors (Lipinski definition) is 2. The maximum atomic E-state index is 10.3. The Bertz CT molecular complexity index is 344. The molecule has 1 aliphatic heterocycles. The minimum atomic E-state index is -0.679. The van der Waals surface area contributed by atoms with E-state index in [4.69, 9.17) is 9.84 Å². The van der Waals surface area contributed by atoms with Gasteiger partial charge in [0.15, 0.2) is 6.10 Å². The van der Waals surface area contributed by atoms with Crippen molar-refractivity contribution in [2.45, 2.75) is 83.7 Å². The molecular weight excluding hydrogens is 264 g/mol. The molecule has 1 rings (SSSR count). The van der Waals surface area contributed by atoms with E-state index in [2.05, 4.69) is 25.2 Å². The molecule has 0 spiro atoms. The smallest absolute Gasteiger partial charge is 0.303 e. The normalized spacial score (nSPS) is 19.1. The molecule has 0 bridgehead atoms. The van der Waals surface area contributed by atoms with Crippen molar-refractivity contribution in [3.8, 4) is 0 Å². The predicted molar refractivity (Wildman–Crippen MR) is 86.2 cm³/mol. The van der Waals surface area contributed by atoms with Crippen molar-refractivity contribution >= 4 is 5.97 Å². The zero-order valence-electron chi connectivity index (χ0n) is 13.4. The number of carboxylic acids is 1. The number of carboxylic acid groups (broad SMARTS) is 1. The lowest BCUT2D eigenvalue weighted by molar-refractivity contribution is -0.137. The van der Waals surface area contributed by atoms with Crippen molar-refractivity contribution in [3.63, 3.8) is 0 Å². The second-order valence-electron chi connectivity index (χ2n) is 5.80. The van der Waals surface area contributed by atoms with E-state index >= 15 is 0 Å². The first kappa shape index (κ1) is 17.8. The summed E-state index contributed by atoms with van der Waals surface area (Å²) in [6.45, 7) is 2.22. The fraction of sp³-hybridized carbons (Fsp3) is 0.722. The zero-order chi connectivity index (χ0) is 15.3. The summed E-state index contributed by atoms with van der Waals surface area (Å²) in [5, 5.41) is 8.52. The van der Waals surface area contributed by atoms with Gasteiger partial charge >= 0.3 is 5.97 Å². The molecule has 0 amide bonds. The largest absolute Gasteiger partial charge is 0.483 e. The van der Waals surface area contributed by atoms with Crippen LogP contribution in [0.4, 0.5) is 0 Å². The number of carbonyl (C=O) groups is 1. The van der Waals surface area contributed by atoms with Crippen LogP contribution in [0.3, 0.4) is 0 Å². The Kier molecular flexibility index (Phi) is 9.68. The fourth-order valence-electron chi connectivity index (χ4n) is 2.39. The molecule has 0 aromatic carbocycles. The van der Waals surface area contributed by atoms with E-state index in [1.165, 1.54) is 38.5 Å². The van der Waals surface area contributed by atoms with E-state index in [9.17, 15) is 4.79 Å². The van der Waals surface area contributed by atoms with Crippen LogP contribution in [0.15, 0.2) is 24.0 Å². The molecule has 1 N–H and O–H groups in total. The first-order valence-corrected chi connectivity index (χ1v) is 8.49. The quantitative estimate of drug-likeness (QED) is 0.374. The van der Waals surface area contributed by atoms with Crippen molar-refractivity contribution < 1.29 is 14.6 Å². The summed E-state index contributed by atoms with van der Waals surface area (Å²) >= 11 is 0. The molecule has 0 aromatic heterocycles. The van der Waals surface area contributed by atoms with Gasteiger partial charge in [-0.25, -0.2) is 0 Å². The lowest BCUT2D eigenvalue weighted by Crippen LogP contribution is -1.93. The Hall–Kier alpha value is -1.25. The summed E-state index contributed by atoms with van der Waals surface area (Å²) in [5.41, 5.74) is 0. The minimum absolute atomic E-state index is 0.312. The standard InChI is InChI=1S/C18H30O3/c1-2-3-10-13-16-17(21-16)14-11-8-6-4-5-7-9-12-15-18(19)20/h8,11,14,16H,2-7,9-10,12-13,15H2,1H3,(H,19,20)/t16-/m0/s1. The lowest BCUT2D eigenvalue weighted by Gasteiger charge is -1.97. The third kappa shape index (κ3) is 10.2. The molecule has 0 radical (unpaired) electrons. The maximum absolute atomic E-state index is 10.3. The zero-order valence-corrected chi connectivity index (χ0v) is 13.4. The number of aliphatic carboxylic acids is 1. The van der Waals surface area contributed by atoms with Gasteiger partial charge in [0.25, 0.3) is 0 Å². The second-order valence-corrected chi connectivity index (χ2v) is 5.80.